The fourth-order valence-corrected chi connectivity index (χ4v) is 1.89. The van der Waals surface area contributed by atoms with Gasteiger partial charge >= 0.3 is 5.97 Å². The van der Waals surface area contributed by atoms with E-state index in [0.29, 0.717) is 6.42 Å². The van der Waals surface area contributed by atoms with Crippen LogP contribution in [-0.2, 0) is 4.79 Å². The minimum atomic E-state index is -0.731. The second-order valence-electron chi connectivity index (χ2n) is 4.04. The number of carbonyl (C=O) groups is 1. The third kappa shape index (κ3) is 3.95. The maximum absolute atomic E-state index is 10.8. The molecule has 1 aromatic heterocycles. The number of H-pyrrole nitrogens is 1. The van der Waals surface area contributed by atoms with Crippen LogP contribution in [0, 0.1) is 5.41 Å². The molecule has 2 N–H and O–H groups in total. The molecular weight excluding hydrogens is 212 g/mol. The number of thioether (sulfide) groups is 1. The molecule has 4 nitrogen and oxygen atoms in total. The highest BCUT2D eigenvalue weighted by atomic mass is 32.2. The standard InChI is InChI=1S/C10H16N2O2S/c1-10(2,8(13)14)4-3-7-15-9-11-5-6-12-9/h5-6H,3-4,7H2,1-2H3,(H,11,12)(H,13,14). The van der Waals surface area contributed by atoms with Crippen molar-refractivity contribution in [1.29, 1.82) is 0 Å². The second kappa shape index (κ2) is 5.21. The lowest BCUT2D eigenvalue weighted by atomic mass is 9.88. The normalized spacial score (nSPS) is 11.6. The van der Waals surface area contributed by atoms with E-state index in [-0.39, 0.29) is 0 Å². The van der Waals surface area contributed by atoms with Crippen LogP contribution in [0.25, 0.3) is 0 Å². The zero-order valence-electron chi connectivity index (χ0n) is 8.99. The number of rotatable bonds is 6. The molecule has 0 aliphatic heterocycles. The molecule has 15 heavy (non-hydrogen) atoms. The van der Waals surface area contributed by atoms with Gasteiger partial charge in [0, 0.05) is 18.1 Å². The molecule has 0 aromatic carbocycles. The second-order valence-corrected chi connectivity index (χ2v) is 5.12. The SMILES string of the molecule is CC(C)(CCCSc1ncc[nH]1)C(=O)O. The van der Waals surface area contributed by atoms with Crippen molar-refractivity contribution >= 4 is 17.7 Å². The number of hydrogen-bond acceptors (Lipinski definition) is 3. The summed E-state index contributed by atoms with van der Waals surface area (Å²) in [6.45, 7) is 3.51. The van der Waals surface area contributed by atoms with Gasteiger partial charge in [-0.2, -0.15) is 0 Å². The van der Waals surface area contributed by atoms with Crippen LogP contribution in [0.4, 0.5) is 0 Å². The van der Waals surface area contributed by atoms with Crippen molar-refractivity contribution in [1.82, 2.24) is 9.97 Å². The first-order valence-electron chi connectivity index (χ1n) is 4.88. The average Bonchev–Trinajstić information content (AvgIpc) is 2.64. The molecular formula is C10H16N2O2S. The molecule has 0 saturated carbocycles. The summed E-state index contributed by atoms with van der Waals surface area (Å²) in [5, 5.41) is 9.79. The molecule has 0 atom stereocenters. The Morgan fingerprint density at radius 1 is 1.67 bits per heavy atom. The first-order chi connectivity index (χ1) is 7.02. The van der Waals surface area contributed by atoms with Crippen molar-refractivity contribution in [2.45, 2.75) is 31.8 Å². The lowest BCUT2D eigenvalue weighted by molar-refractivity contribution is -0.147. The fourth-order valence-electron chi connectivity index (χ4n) is 1.12. The molecule has 1 rings (SSSR count). The lowest BCUT2D eigenvalue weighted by Crippen LogP contribution is -2.23. The Morgan fingerprint density at radius 2 is 2.40 bits per heavy atom. The molecule has 0 aliphatic rings. The van der Waals surface area contributed by atoms with Crippen molar-refractivity contribution in [2.24, 2.45) is 5.41 Å². The smallest absolute Gasteiger partial charge is 0.309 e. The molecule has 1 heterocycles. The van der Waals surface area contributed by atoms with Gasteiger partial charge in [-0.15, -0.1) is 0 Å². The lowest BCUT2D eigenvalue weighted by Gasteiger charge is -2.18. The Kier molecular flexibility index (Phi) is 4.20. The Morgan fingerprint density at radius 3 is 2.93 bits per heavy atom. The summed E-state index contributed by atoms with van der Waals surface area (Å²) in [7, 11) is 0. The van der Waals surface area contributed by atoms with Crippen LogP contribution in [0.1, 0.15) is 26.7 Å². The largest absolute Gasteiger partial charge is 0.481 e. The van der Waals surface area contributed by atoms with E-state index in [1.54, 1.807) is 38.0 Å². The maximum Gasteiger partial charge on any atom is 0.309 e. The Bertz CT molecular complexity index is 309. The van der Waals surface area contributed by atoms with Crippen LogP contribution in [0.3, 0.4) is 0 Å². The zero-order chi connectivity index (χ0) is 11.3. The van der Waals surface area contributed by atoms with E-state index in [4.69, 9.17) is 5.11 Å². The fraction of sp³-hybridized carbons (Fsp3) is 0.600. The quantitative estimate of drug-likeness (QED) is 0.579. The minimum absolute atomic E-state index is 0.621. The van der Waals surface area contributed by atoms with Crippen LogP contribution >= 0.6 is 11.8 Å². The maximum atomic E-state index is 10.8. The van der Waals surface area contributed by atoms with Crippen molar-refractivity contribution in [3.63, 3.8) is 0 Å². The molecule has 0 aliphatic carbocycles. The highest BCUT2D eigenvalue weighted by Gasteiger charge is 2.25. The van der Waals surface area contributed by atoms with E-state index in [1.165, 1.54) is 0 Å². The topological polar surface area (TPSA) is 66.0 Å². The van der Waals surface area contributed by atoms with E-state index >= 15 is 0 Å². The van der Waals surface area contributed by atoms with E-state index in [9.17, 15) is 4.79 Å². The van der Waals surface area contributed by atoms with Gasteiger partial charge in [0.25, 0.3) is 0 Å². The highest BCUT2D eigenvalue weighted by Crippen LogP contribution is 2.24. The predicted octanol–water partition coefficient (Wildman–Crippen LogP) is 2.39. The molecule has 0 fully saturated rings. The van der Waals surface area contributed by atoms with Crippen LogP contribution in [0.5, 0.6) is 0 Å². The molecule has 0 amide bonds. The summed E-state index contributed by atoms with van der Waals surface area (Å²) in [5.74, 6) is 0.162. The van der Waals surface area contributed by atoms with Gasteiger partial charge < -0.3 is 10.1 Å². The van der Waals surface area contributed by atoms with E-state index in [1.807, 2.05) is 0 Å². The summed E-state index contributed by atoms with van der Waals surface area (Å²) in [4.78, 5) is 17.9. The molecule has 0 bridgehead atoms. The van der Waals surface area contributed by atoms with Crippen LogP contribution in [-0.4, -0.2) is 26.8 Å². The minimum Gasteiger partial charge on any atom is -0.481 e. The Hall–Kier alpha value is -0.970. The first-order valence-corrected chi connectivity index (χ1v) is 5.86. The van der Waals surface area contributed by atoms with E-state index in [2.05, 4.69) is 9.97 Å². The Labute approximate surface area is 93.5 Å². The summed E-state index contributed by atoms with van der Waals surface area (Å²) in [6.07, 6.45) is 5.06. The highest BCUT2D eigenvalue weighted by molar-refractivity contribution is 7.99. The van der Waals surface area contributed by atoms with Crippen LogP contribution < -0.4 is 0 Å². The van der Waals surface area contributed by atoms with Gasteiger partial charge in [0.2, 0.25) is 0 Å². The molecule has 0 spiro atoms. The van der Waals surface area contributed by atoms with Gasteiger partial charge in [-0.1, -0.05) is 11.8 Å². The third-order valence-corrected chi connectivity index (χ3v) is 3.23. The first kappa shape index (κ1) is 12.1. The van der Waals surface area contributed by atoms with Crippen molar-refractivity contribution in [3.05, 3.63) is 12.4 Å². The number of aromatic amines is 1. The number of nitrogens with one attached hydrogen (secondary N) is 1. The van der Waals surface area contributed by atoms with E-state index in [0.717, 1.165) is 17.3 Å². The summed E-state index contributed by atoms with van der Waals surface area (Å²) in [6, 6.07) is 0. The Balaban J connectivity index is 2.19. The number of aliphatic carboxylic acids is 1. The number of nitrogens with zero attached hydrogens (tertiary/aromatic N) is 1. The number of aromatic nitrogens is 2. The molecule has 0 unspecified atom stereocenters. The molecule has 84 valence electrons. The number of carboxylic acids is 1. The van der Waals surface area contributed by atoms with Crippen molar-refractivity contribution < 1.29 is 9.90 Å². The van der Waals surface area contributed by atoms with Gasteiger partial charge in [-0.3, -0.25) is 4.79 Å². The van der Waals surface area contributed by atoms with Gasteiger partial charge in [0.05, 0.1) is 5.41 Å². The summed E-state index contributed by atoms with van der Waals surface area (Å²) < 4.78 is 0. The van der Waals surface area contributed by atoms with Crippen molar-refractivity contribution in [2.75, 3.05) is 5.75 Å². The number of imidazole rings is 1. The van der Waals surface area contributed by atoms with Gasteiger partial charge in [-0.25, -0.2) is 4.98 Å². The number of hydrogen-bond donors (Lipinski definition) is 2. The zero-order valence-corrected chi connectivity index (χ0v) is 9.80. The van der Waals surface area contributed by atoms with Gasteiger partial charge in [0.1, 0.15) is 0 Å². The molecule has 0 radical (unpaired) electrons. The van der Waals surface area contributed by atoms with E-state index < -0.39 is 11.4 Å². The summed E-state index contributed by atoms with van der Waals surface area (Å²) in [5.41, 5.74) is -0.621. The molecule has 0 saturated heterocycles. The number of carboxylic acid groups (broad SMARTS) is 1. The van der Waals surface area contributed by atoms with Crippen LogP contribution in [0.2, 0.25) is 0 Å². The molecule has 1 aromatic rings. The monoisotopic (exact) mass is 228 g/mol. The van der Waals surface area contributed by atoms with Crippen LogP contribution in [0.15, 0.2) is 17.6 Å². The average molecular weight is 228 g/mol. The van der Waals surface area contributed by atoms with Gasteiger partial charge in [-0.05, 0) is 26.7 Å². The van der Waals surface area contributed by atoms with Crippen molar-refractivity contribution in [3.8, 4) is 0 Å². The predicted molar refractivity (Wildman–Crippen MR) is 60.0 cm³/mol. The van der Waals surface area contributed by atoms with Gasteiger partial charge in [0.15, 0.2) is 5.16 Å². The third-order valence-electron chi connectivity index (χ3n) is 2.24. The summed E-state index contributed by atoms with van der Waals surface area (Å²) >= 11 is 1.62. The molecule has 5 heteroatoms.